The first-order valence-electron chi connectivity index (χ1n) is 7.81. The number of hydrogen-bond donors (Lipinski definition) is 2. The van der Waals surface area contributed by atoms with Gasteiger partial charge >= 0.3 is 5.97 Å². The quantitative estimate of drug-likeness (QED) is 0.684. The highest BCUT2D eigenvalue weighted by Gasteiger charge is 2.23. The van der Waals surface area contributed by atoms with Crippen LogP contribution in [0.25, 0.3) is 10.9 Å². The van der Waals surface area contributed by atoms with E-state index in [9.17, 15) is 9.59 Å². The fraction of sp³-hybridized carbons (Fsp3) is 0.158. The maximum absolute atomic E-state index is 12.5. The number of benzene rings is 2. The average Bonchev–Trinajstić information content (AvgIpc) is 2.92. The van der Waals surface area contributed by atoms with Gasteiger partial charge in [0, 0.05) is 16.6 Å². The van der Waals surface area contributed by atoms with E-state index < -0.39 is 18.0 Å². The molecule has 2 aromatic carbocycles. The van der Waals surface area contributed by atoms with Crippen LogP contribution in [0, 0.1) is 6.92 Å². The van der Waals surface area contributed by atoms with Gasteiger partial charge in [-0.25, -0.2) is 4.79 Å². The van der Waals surface area contributed by atoms with Gasteiger partial charge in [-0.05, 0) is 32.0 Å². The molecule has 0 fully saturated rings. The molecule has 6 heteroatoms. The van der Waals surface area contributed by atoms with E-state index in [4.69, 9.17) is 16.3 Å². The second-order valence-electron chi connectivity index (χ2n) is 5.69. The Morgan fingerprint density at radius 3 is 2.56 bits per heavy atom. The fourth-order valence-corrected chi connectivity index (χ4v) is 2.79. The SMILES string of the molecule is Cc1[nH]c2ccccc2c1C(=O)OC(C)C(=O)Nc1ccccc1Cl. The van der Waals surface area contributed by atoms with Gasteiger partial charge in [0.1, 0.15) is 0 Å². The maximum Gasteiger partial charge on any atom is 0.341 e. The molecule has 1 atom stereocenters. The lowest BCUT2D eigenvalue weighted by molar-refractivity contribution is -0.123. The zero-order valence-electron chi connectivity index (χ0n) is 13.8. The number of ether oxygens (including phenoxy) is 1. The molecule has 0 aliphatic carbocycles. The summed E-state index contributed by atoms with van der Waals surface area (Å²) in [6, 6.07) is 14.3. The number of halogens is 1. The number of aryl methyl sites for hydroxylation is 1. The van der Waals surface area contributed by atoms with Crippen LogP contribution in [0.3, 0.4) is 0 Å². The summed E-state index contributed by atoms with van der Waals surface area (Å²) in [5.41, 5.74) is 2.46. The van der Waals surface area contributed by atoms with Crippen molar-refractivity contribution in [2.24, 2.45) is 0 Å². The molecule has 3 aromatic rings. The van der Waals surface area contributed by atoms with Crippen LogP contribution in [0.2, 0.25) is 5.02 Å². The van der Waals surface area contributed by atoms with Crippen LogP contribution in [0.5, 0.6) is 0 Å². The van der Waals surface area contributed by atoms with E-state index in [1.165, 1.54) is 6.92 Å². The van der Waals surface area contributed by atoms with Gasteiger partial charge in [0.2, 0.25) is 0 Å². The van der Waals surface area contributed by atoms with Gasteiger partial charge in [-0.3, -0.25) is 4.79 Å². The molecular formula is C19H17ClN2O3. The van der Waals surface area contributed by atoms with Crippen molar-refractivity contribution in [2.45, 2.75) is 20.0 Å². The Hall–Kier alpha value is -2.79. The first kappa shape index (κ1) is 17.0. The number of aromatic amines is 1. The van der Waals surface area contributed by atoms with Crippen LogP contribution in [0.15, 0.2) is 48.5 Å². The van der Waals surface area contributed by atoms with Gasteiger partial charge in [0.05, 0.1) is 16.3 Å². The van der Waals surface area contributed by atoms with Crippen molar-refractivity contribution in [3.63, 3.8) is 0 Å². The number of hydrogen-bond acceptors (Lipinski definition) is 3. The molecule has 0 bridgehead atoms. The van der Waals surface area contributed by atoms with Gasteiger partial charge in [0.25, 0.3) is 5.91 Å². The molecule has 0 aliphatic rings. The Labute approximate surface area is 149 Å². The number of carbonyl (C=O) groups excluding carboxylic acids is 2. The Bertz CT molecular complexity index is 949. The molecule has 0 spiro atoms. The van der Waals surface area contributed by atoms with E-state index >= 15 is 0 Å². The van der Waals surface area contributed by atoms with Crippen molar-refractivity contribution in [1.82, 2.24) is 4.98 Å². The molecule has 25 heavy (non-hydrogen) atoms. The predicted molar refractivity (Wildman–Crippen MR) is 98.0 cm³/mol. The minimum absolute atomic E-state index is 0.418. The molecule has 0 saturated heterocycles. The first-order valence-corrected chi connectivity index (χ1v) is 8.19. The van der Waals surface area contributed by atoms with E-state index in [0.717, 1.165) is 10.9 Å². The molecule has 2 N–H and O–H groups in total. The number of esters is 1. The van der Waals surface area contributed by atoms with Crippen LogP contribution in [-0.2, 0) is 9.53 Å². The number of amides is 1. The maximum atomic E-state index is 12.5. The van der Waals surface area contributed by atoms with Gasteiger partial charge in [-0.15, -0.1) is 0 Å². The lowest BCUT2D eigenvalue weighted by Crippen LogP contribution is -2.30. The lowest BCUT2D eigenvalue weighted by atomic mass is 10.1. The number of carbonyl (C=O) groups is 2. The molecule has 128 valence electrons. The number of nitrogens with one attached hydrogen (secondary N) is 2. The summed E-state index contributed by atoms with van der Waals surface area (Å²) in [6.45, 7) is 3.32. The van der Waals surface area contributed by atoms with E-state index in [2.05, 4.69) is 10.3 Å². The summed E-state index contributed by atoms with van der Waals surface area (Å²) in [7, 11) is 0. The number of H-pyrrole nitrogens is 1. The minimum Gasteiger partial charge on any atom is -0.449 e. The topological polar surface area (TPSA) is 71.2 Å². The smallest absolute Gasteiger partial charge is 0.341 e. The lowest BCUT2D eigenvalue weighted by Gasteiger charge is -2.14. The largest absolute Gasteiger partial charge is 0.449 e. The van der Waals surface area contributed by atoms with E-state index in [-0.39, 0.29) is 0 Å². The van der Waals surface area contributed by atoms with Crippen LogP contribution in [0.4, 0.5) is 5.69 Å². The van der Waals surface area contributed by atoms with Crippen molar-refractivity contribution < 1.29 is 14.3 Å². The third-order valence-corrected chi connectivity index (χ3v) is 4.21. The monoisotopic (exact) mass is 356 g/mol. The second kappa shape index (κ2) is 6.99. The van der Waals surface area contributed by atoms with E-state index in [1.807, 2.05) is 24.3 Å². The Balaban J connectivity index is 1.75. The molecule has 1 heterocycles. The van der Waals surface area contributed by atoms with Crippen molar-refractivity contribution in [1.29, 1.82) is 0 Å². The first-order chi connectivity index (χ1) is 12.0. The third-order valence-electron chi connectivity index (χ3n) is 3.88. The molecule has 5 nitrogen and oxygen atoms in total. The molecule has 1 aromatic heterocycles. The second-order valence-corrected chi connectivity index (χ2v) is 6.09. The minimum atomic E-state index is -0.961. The van der Waals surface area contributed by atoms with Crippen LogP contribution in [-0.4, -0.2) is 23.0 Å². The summed E-state index contributed by atoms with van der Waals surface area (Å²) in [4.78, 5) is 27.9. The van der Waals surface area contributed by atoms with Crippen LogP contribution < -0.4 is 5.32 Å². The molecule has 0 aliphatic heterocycles. The molecular weight excluding hydrogens is 340 g/mol. The van der Waals surface area contributed by atoms with E-state index in [0.29, 0.717) is 22.0 Å². The van der Waals surface area contributed by atoms with Gasteiger partial charge in [0.15, 0.2) is 6.10 Å². The van der Waals surface area contributed by atoms with Crippen molar-refractivity contribution in [3.8, 4) is 0 Å². The number of para-hydroxylation sites is 2. The summed E-state index contributed by atoms with van der Waals surface area (Å²) < 4.78 is 5.34. The number of anilines is 1. The van der Waals surface area contributed by atoms with Crippen molar-refractivity contribution in [3.05, 3.63) is 64.8 Å². The predicted octanol–water partition coefficient (Wildman–Crippen LogP) is 4.31. The number of aromatic nitrogens is 1. The average molecular weight is 357 g/mol. The molecule has 0 saturated carbocycles. The fourth-order valence-electron chi connectivity index (χ4n) is 2.61. The Kier molecular flexibility index (Phi) is 4.76. The highest BCUT2D eigenvalue weighted by molar-refractivity contribution is 6.33. The molecule has 1 amide bonds. The normalized spacial score (nSPS) is 12.0. The van der Waals surface area contributed by atoms with Crippen LogP contribution in [0.1, 0.15) is 23.0 Å². The molecule has 0 radical (unpaired) electrons. The highest BCUT2D eigenvalue weighted by atomic mass is 35.5. The zero-order chi connectivity index (χ0) is 18.0. The molecule has 3 rings (SSSR count). The van der Waals surface area contributed by atoms with Gasteiger partial charge < -0.3 is 15.0 Å². The summed E-state index contributed by atoms with van der Waals surface area (Å²) in [5.74, 6) is -0.990. The number of fused-ring (bicyclic) bond motifs is 1. The summed E-state index contributed by atoms with van der Waals surface area (Å²) >= 11 is 6.02. The third kappa shape index (κ3) is 3.51. The number of rotatable bonds is 4. The van der Waals surface area contributed by atoms with Crippen molar-refractivity contribution in [2.75, 3.05) is 5.32 Å². The Morgan fingerprint density at radius 2 is 1.80 bits per heavy atom. The van der Waals surface area contributed by atoms with Gasteiger partial charge in [-0.2, -0.15) is 0 Å². The standard InChI is InChI=1S/C19H17ClN2O3/c1-11-17(13-7-3-5-9-15(13)21-11)19(24)25-12(2)18(23)22-16-10-6-4-8-14(16)20/h3-10,12,21H,1-2H3,(H,22,23). The summed E-state index contributed by atoms with van der Waals surface area (Å²) in [6.07, 6.45) is -0.961. The van der Waals surface area contributed by atoms with Crippen molar-refractivity contribution >= 4 is 40.1 Å². The Morgan fingerprint density at radius 1 is 1.12 bits per heavy atom. The zero-order valence-corrected chi connectivity index (χ0v) is 14.6. The van der Waals surface area contributed by atoms with Crippen LogP contribution >= 0.6 is 11.6 Å². The van der Waals surface area contributed by atoms with Gasteiger partial charge in [-0.1, -0.05) is 41.9 Å². The summed E-state index contributed by atoms with van der Waals surface area (Å²) in [5, 5.41) is 3.84. The molecule has 1 unspecified atom stereocenters. The van der Waals surface area contributed by atoms with E-state index in [1.54, 1.807) is 31.2 Å². The highest BCUT2D eigenvalue weighted by Crippen LogP contribution is 2.24.